The van der Waals surface area contributed by atoms with E-state index in [0.717, 1.165) is 63.7 Å². The van der Waals surface area contributed by atoms with Crippen LogP contribution in [-0.4, -0.2) is 0 Å². The Morgan fingerprint density at radius 1 is 0.488 bits per heavy atom. The third-order valence-corrected chi connectivity index (χ3v) is 9.66. The Morgan fingerprint density at radius 3 is 1.59 bits per heavy atom. The predicted octanol–water partition coefficient (Wildman–Crippen LogP) is 11.0. The van der Waals surface area contributed by atoms with Gasteiger partial charge in [-0.15, -0.1) is 50.5 Å². The van der Waals surface area contributed by atoms with Crippen LogP contribution in [0, 0.1) is 6.92 Å². The van der Waals surface area contributed by atoms with Crippen LogP contribution in [0.3, 0.4) is 0 Å². The molecule has 0 amide bonds. The Morgan fingerprint density at radius 2 is 1.00 bits per heavy atom. The summed E-state index contributed by atoms with van der Waals surface area (Å²) in [6.07, 6.45) is 0. The number of benzene rings is 6. The number of aryl methyl sites for hydroxylation is 1. The molecule has 0 aliphatic rings. The normalized spacial score (nSPS) is 12.8. The Balaban J connectivity index is 1.66. The van der Waals surface area contributed by atoms with Gasteiger partial charge in [0.05, 0.1) is 0 Å². The van der Waals surface area contributed by atoms with Crippen LogP contribution in [0.4, 0.5) is 0 Å². The fourth-order valence-electron chi connectivity index (χ4n) is 5.73. The minimum absolute atomic E-state index is 0.616. The van der Waals surface area contributed by atoms with Crippen LogP contribution < -0.4 is 0 Å². The summed E-state index contributed by atoms with van der Waals surface area (Å²) in [5, 5.41) is 2.28. The molecular weight excluding hydrogens is 573 g/mol. The molecular formula is C37H30S4. The number of hydrogen-bond donors (Lipinski definition) is 4. The number of thiol groups is 4. The SMILES string of the molecule is Cc1ccc(-c2ccc(S)c(C(C)(c3cc(-c4ccc(S)cc4)ccc3S)c3ccc4ccccc4c3S)c2)cc1. The maximum Gasteiger partial charge on any atom is 0.0456 e. The van der Waals surface area contributed by atoms with Gasteiger partial charge in [-0.2, -0.15) is 0 Å². The van der Waals surface area contributed by atoms with Crippen molar-refractivity contribution in [1.82, 2.24) is 0 Å². The van der Waals surface area contributed by atoms with Gasteiger partial charge in [0.25, 0.3) is 0 Å². The molecule has 0 aliphatic heterocycles. The summed E-state index contributed by atoms with van der Waals surface area (Å²) < 4.78 is 0. The van der Waals surface area contributed by atoms with Crippen molar-refractivity contribution in [3.63, 3.8) is 0 Å². The smallest absolute Gasteiger partial charge is 0.0456 e. The van der Waals surface area contributed by atoms with Crippen molar-refractivity contribution in [3.8, 4) is 22.3 Å². The lowest BCUT2D eigenvalue weighted by molar-refractivity contribution is 0.653. The molecule has 1 unspecified atom stereocenters. The summed E-state index contributed by atoms with van der Waals surface area (Å²) in [6.45, 7) is 4.39. The molecule has 0 saturated carbocycles. The molecule has 202 valence electrons. The van der Waals surface area contributed by atoms with E-state index in [1.165, 1.54) is 11.1 Å². The second-order valence-corrected chi connectivity index (χ2v) is 12.6. The molecule has 0 aromatic heterocycles. The van der Waals surface area contributed by atoms with Crippen LogP contribution >= 0.6 is 50.5 Å². The molecule has 6 aromatic rings. The number of rotatable bonds is 5. The highest BCUT2D eigenvalue weighted by atomic mass is 32.1. The Hall–Kier alpha value is -3.02. The van der Waals surface area contributed by atoms with Gasteiger partial charge in [-0.1, -0.05) is 90.5 Å². The quantitative estimate of drug-likeness (QED) is 0.109. The summed E-state index contributed by atoms with van der Waals surface area (Å²) in [7, 11) is 0. The fourth-order valence-corrected chi connectivity index (χ4v) is 7.10. The zero-order valence-electron chi connectivity index (χ0n) is 22.8. The van der Waals surface area contributed by atoms with Crippen molar-refractivity contribution in [1.29, 1.82) is 0 Å². The van der Waals surface area contributed by atoms with Crippen LogP contribution in [-0.2, 0) is 5.41 Å². The third kappa shape index (κ3) is 5.23. The molecule has 0 heterocycles. The first-order chi connectivity index (χ1) is 19.8. The summed E-state index contributed by atoms with van der Waals surface area (Å²) in [6, 6.07) is 42.8. The van der Waals surface area contributed by atoms with Gasteiger partial charge in [0.2, 0.25) is 0 Å². The van der Waals surface area contributed by atoms with Crippen molar-refractivity contribution in [2.45, 2.75) is 38.8 Å². The molecule has 6 aromatic carbocycles. The first-order valence-electron chi connectivity index (χ1n) is 13.5. The van der Waals surface area contributed by atoms with Crippen molar-refractivity contribution in [3.05, 3.63) is 144 Å². The molecule has 0 bridgehead atoms. The van der Waals surface area contributed by atoms with Crippen molar-refractivity contribution < 1.29 is 0 Å². The molecule has 0 aliphatic carbocycles. The third-order valence-electron chi connectivity index (χ3n) is 8.10. The van der Waals surface area contributed by atoms with Gasteiger partial charge in [-0.25, -0.2) is 0 Å². The average Bonchev–Trinajstić information content (AvgIpc) is 2.98. The molecule has 0 radical (unpaired) electrons. The zero-order chi connectivity index (χ0) is 28.7. The number of fused-ring (bicyclic) bond motifs is 1. The van der Waals surface area contributed by atoms with Crippen molar-refractivity contribution in [2.75, 3.05) is 0 Å². The molecule has 0 saturated heterocycles. The van der Waals surface area contributed by atoms with Crippen molar-refractivity contribution >= 4 is 61.3 Å². The maximum atomic E-state index is 5.18. The predicted molar refractivity (Wildman–Crippen MR) is 187 cm³/mol. The molecule has 6 rings (SSSR count). The van der Waals surface area contributed by atoms with E-state index < -0.39 is 5.41 Å². The van der Waals surface area contributed by atoms with Gasteiger partial charge in [0.15, 0.2) is 0 Å². The van der Waals surface area contributed by atoms with Crippen LogP contribution in [0.25, 0.3) is 33.0 Å². The summed E-state index contributed by atoms with van der Waals surface area (Å²) in [5.74, 6) is 0. The second kappa shape index (κ2) is 11.3. The monoisotopic (exact) mass is 602 g/mol. The molecule has 0 fully saturated rings. The Bertz CT molecular complexity index is 1790. The Labute approximate surface area is 264 Å². The van der Waals surface area contributed by atoms with E-state index in [4.69, 9.17) is 37.9 Å². The minimum atomic E-state index is -0.616. The first-order valence-corrected chi connectivity index (χ1v) is 15.3. The largest absolute Gasteiger partial charge is 0.143 e. The highest BCUT2D eigenvalue weighted by Gasteiger charge is 2.37. The lowest BCUT2D eigenvalue weighted by atomic mass is 9.69. The highest BCUT2D eigenvalue weighted by molar-refractivity contribution is 7.81. The lowest BCUT2D eigenvalue weighted by Gasteiger charge is -2.36. The zero-order valence-corrected chi connectivity index (χ0v) is 26.4. The minimum Gasteiger partial charge on any atom is -0.143 e. The van der Waals surface area contributed by atoms with Crippen LogP contribution in [0.1, 0.15) is 29.2 Å². The topological polar surface area (TPSA) is 0 Å². The standard InChI is InChI=1S/C37H30S4/c1-23-7-9-24(10-8-23)27-14-19-34(39)32(21-27)37(2,31-18-13-26-5-3-4-6-30(26)36(31)41)33-22-28(15-20-35(33)40)25-11-16-29(38)17-12-25/h3-22,38-41H,1-2H3. The molecule has 0 N–H and O–H groups in total. The van der Waals surface area contributed by atoms with Gasteiger partial charge in [-0.3, -0.25) is 0 Å². The summed E-state index contributed by atoms with van der Waals surface area (Å²) in [5.41, 5.74) is 8.48. The van der Waals surface area contributed by atoms with Gasteiger partial charge in [0, 0.05) is 25.0 Å². The molecule has 41 heavy (non-hydrogen) atoms. The molecule has 1 atom stereocenters. The second-order valence-electron chi connectivity index (χ2n) is 10.7. The molecule has 4 heteroatoms. The first kappa shape index (κ1) is 28.1. The van der Waals surface area contributed by atoms with E-state index in [9.17, 15) is 0 Å². The molecule has 0 nitrogen and oxygen atoms in total. The average molecular weight is 603 g/mol. The van der Waals surface area contributed by atoms with Crippen molar-refractivity contribution in [2.24, 2.45) is 0 Å². The van der Waals surface area contributed by atoms with E-state index in [1.807, 2.05) is 12.1 Å². The van der Waals surface area contributed by atoms with E-state index in [2.05, 4.69) is 136 Å². The van der Waals surface area contributed by atoms with Gasteiger partial charge >= 0.3 is 0 Å². The van der Waals surface area contributed by atoms with E-state index in [-0.39, 0.29) is 0 Å². The molecule has 0 spiro atoms. The van der Waals surface area contributed by atoms with E-state index >= 15 is 0 Å². The van der Waals surface area contributed by atoms with Gasteiger partial charge < -0.3 is 0 Å². The number of hydrogen-bond acceptors (Lipinski definition) is 4. The summed E-state index contributed by atoms with van der Waals surface area (Å²) in [4.78, 5) is 3.73. The Kier molecular flexibility index (Phi) is 7.78. The van der Waals surface area contributed by atoms with Gasteiger partial charge in [-0.05, 0) is 100.0 Å². The van der Waals surface area contributed by atoms with Crippen LogP contribution in [0.2, 0.25) is 0 Å². The van der Waals surface area contributed by atoms with Crippen LogP contribution in [0.5, 0.6) is 0 Å². The summed E-state index contributed by atoms with van der Waals surface area (Å²) >= 11 is 19.8. The van der Waals surface area contributed by atoms with E-state index in [0.29, 0.717) is 0 Å². The fraction of sp³-hybridized carbons (Fsp3) is 0.0811. The maximum absolute atomic E-state index is 5.18. The van der Waals surface area contributed by atoms with E-state index in [1.54, 1.807) is 0 Å². The highest BCUT2D eigenvalue weighted by Crippen LogP contribution is 2.48. The lowest BCUT2D eigenvalue weighted by Crippen LogP contribution is -2.27. The van der Waals surface area contributed by atoms with Crippen LogP contribution in [0.15, 0.2) is 141 Å². The van der Waals surface area contributed by atoms with Gasteiger partial charge in [0.1, 0.15) is 0 Å².